The fourth-order valence-electron chi connectivity index (χ4n) is 3.42. The number of benzene rings is 3. The minimum absolute atomic E-state index is 0.202. The molecule has 0 bridgehead atoms. The minimum atomic E-state index is -0.835. The highest BCUT2D eigenvalue weighted by Gasteiger charge is 2.36. The van der Waals surface area contributed by atoms with Crippen LogP contribution in [0, 0.1) is 0 Å². The smallest absolute Gasteiger partial charge is 0.335 e. The predicted octanol–water partition coefficient (Wildman–Crippen LogP) is 5.64. The molecule has 0 saturated carbocycles. The number of rotatable bonds is 7. The van der Waals surface area contributed by atoms with Crippen molar-refractivity contribution in [2.45, 2.75) is 13.5 Å². The number of hydrogen-bond acceptors (Lipinski definition) is 5. The van der Waals surface area contributed by atoms with Crippen LogP contribution in [0.1, 0.15) is 18.1 Å². The summed E-state index contributed by atoms with van der Waals surface area (Å²) < 4.78 is 11.6. The molecule has 3 aromatic carbocycles. The molecule has 0 unspecified atom stereocenters. The summed E-state index contributed by atoms with van der Waals surface area (Å²) in [5.74, 6) is -0.630. The number of anilines is 1. The van der Waals surface area contributed by atoms with Crippen LogP contribution < -0.4 is 19.7 Å². The topological polar surface area (TPSA) is 84.9 Å². The highest BCUT2D eigenvalue weighted by molar-refractivity contribution is 6.39. The molecule has 0 spiro atoms. The number of hydrogen-bond donors (Lipinski definition) is 1. The number of barbiturate groups is 1. The van der Waals surface area contributed by atoms with Crippen LogP contribution in [-0.2, 0) is 16.2 Å². The molecule has 4 amide bonds. The average molecular weight is 511 g/mol. The molecule has 0 aromatic heterocycles. The fraction of sp³-hybridized carbons (Fsp3) is 0.115. The molecular weight excluding hydrogens is 491 g/mol. The Bertz CT molecular complexity index is 1320. The van der Waals surface area contributed by atoms with Crippen molar-refractivity contribution >= 4 is 52.8 Å². The Morgan fingerprint density at radius 3 is 2.37 bits per heavy atom. The van der Waals surface area contributed by atoms with Crippen LogP contribution >= 0.6 is 23.2 Å². The lowest BCUT2D eigenvalue weighted by Gasteiger charge is -2.26. The van der Waals surface area contributed by atoms with Crippen molar-refractivity contribution in [3.05, 3.63) is 93.5 Å². The molecule has 7 nitrogen and oxygen atoms in total. The highest BCUT2D eigenvalue weighted by Crippen LogP contribution is 2.31. The molecule has 1 aliphatic rings. The second-order valence-corrected chi connectivity index (χ2v) is 8.30. The van der Waals surface area contributed by atoms with Crippen molar-refractivity contribution in [1.29, 1.82) is 0 Å². The number of nitrogens with zero attached hydrogens (tertiary/aromatic N) is 1. The SMILES string of the molecule is CCOc1cc(/C=C2/C(=O)NC(=O)N(c3ccc(Cl)cc3)C2=O)ccc1OCc1ccccc1Cl. The Hall–Kier alpha value is -3.81. The molecule has 3 aromatic rings. The van der Waals surface area contributed by atoms with E-state index in [9.17, 15) is 14.4 Å². The maximum Gasteiger partial charge on any atom is 0.335 e. The van der Waals surface area contributed by atoms with Gasteiger partial charge in [0.1, 0.15) is 12.2 Å². The molecule has 1 fully saturated rings. The Morgan fingerprint density at radius 1 is 0.914 bits per heavy atom. The van der Waals surface area contributed by atoms with E-state index in [1.54, 1.807) is 36.4 Å². The van der Waals surface area contributed by atoms with Gasteiger partial charge in [0.25, 0.3) is 11.8 Å². The molecule has 0 atom stereocenters. The molecule has 9 heteroatoms. The van der Waals surface area contributed by atoms with Gasteiger partial charge in [-0.3, -0.25) is 14.9 Å². The van der Waals surface area contributed by atoms with Gasteiger partial charge in [0, 0.05) is 15.6 Å². The number of nitrogens with one attached hydrogen (secondary N) is 1. The molecule has 1 saturated heterocycles. The molecule has 1 N–H and O–H groups in total. The molecule has 1 aliphatic heterocycles. The van der Waals surface area contributed by atoms with E-state index < -0.39 is 17.8 Å². The lowest BCUT2D eigenvalue weighted by molar-refractivity contribution is -0.122. The number of urea groups is 1. The molecule has 0 radical (unpaired) electrons. The molecule has 1 heterocycles. The van der Waals surface area contributed by atoms with Crippen molar-refractivity contribution in [3.8, 4) is 11.5 Å². The number of amides is 4. The summed E-state index contributed by atoms with van der Waals surface area (Å²) in [4.78, 5) is 38.8. The minimum Gasteiger partial charge on any atom is -0.490 e. The predicted molar refractivity (Wildman–Crippen MR) is 134 cm³/mol. The van der Waals surface area contributed by atoms with Gasteiger partial charge in [0.15, 0.2) is 11.5 Å². The summed E-state index contributed by atoms with van der Waals surface area (Å²) in [7, 11) is 0. The van der Waals surface area contributed by atoms with Gasteiger partial charge in [-0.05, 0) is 61.0 Å². The van der Waals surface area contributed by atoms with E-state index in [2.05, 4.69) is 5.32 Å². The van der Waals surface area contributed by atoms with Gasteiger partial charge in [0.05, 0.1) is 12.3 Å². The van der Waals surface area contributed by atoms with Crippen LogP contribution in [0.3, 0.4) is 0 Å². The van der Waals surface area contributed by atoms with Crippen molar-refractivity contribution < 1.29 is 23.9 Å². The molecule has 35 heavy (non-hydrogen) atoms. The standard InChI is InChI=1S/C26H20Cl2N2O5/c1-2-34-23-14-16(7-12-22(23)35-15-17-5-3-4-6-21(17)28)13-20-24(31)29-26(33)30(25(20)32)19-10-8-18(27)9-11-19/h3-14H,2,15H2,1H3,(H,29,31,33)/b20-13-. The summed E-state index contributed by atoms with van der Waals surface area (Å²) in [5.41, 5.74) is 1.42. The summed E-state index contributed by atoms with van der Waals surface area (Å²) in [6.45, 7) is 2.44. The van der Waals surface area contributed by atoms with Gasteiger partial charge in [-0.25, -0.2) is 9.69 Å². The first-order valence-corrected chi connectivity index (χ1v) is 11.4. The third-order valence-electron chi connectivity index (χ3n) is 5.11. The molecule has 0 aliphatic carbocycles. The number of imide groups is 2. The quantitative estimate of drug-likeness (QED) is 0.328. The maximum atomic E-state index is 13.1. The lowest BCUT2D eigenvalue weighted by Crippen LogP contribution is -2.54. The zero-order valence-electron chi connectivity index (χ0n) is 18.6. The Labute approximate surface area is 211 Å². The van der Waals surface area contributed by atoms with Gasteiger partial charge < -0.3 is 9.47 Å². The number of carbonyl (C=O) groups excluding carboxylic acids is 3. The first-order chi connectivity index (χ1) is 16.9. The zero-order chi connectivity index (χ0) is 24.9. The van der Waals surface area contributed by atoms with E-state index in [0.717, 1.165) is 10.5 Å². The van der Waals surface area contributed by atoms with E-state index in [0.29, 0.717) is 33.7 Å². The van der Waals surface area contributed by atoms with E-state index in [4.69, 9.17) is 32.7 Å². The van der Waals surface area contributed by atoms with Crippen LogP contribution in [0.4, 0.5) is 10.5 Å². The van der Waals surface area contributed by atoms with Gasteiger partial charge in [-0.1, -0.05) is 47.5 Å². The first-order valence-electron chi connectivity index (χ1n) is 10.7. The van der Waals surface area contributed by atoms with E-state index >= 15 is 0 Å². The van der Waals surface area contributed by atoms with E-state index in [-0.39, 0.29) is 17.9 Å². The zero-order valence-corrected chi connectivity index (χ0v) is 20.1. The normalized spacial score (nSPS) is 14.8. The molecular formula is C26H20Cl2N2O5. The van der Waals surface area contributed by atoms with Crippen LogP contribution in [0.2, 0.25) is 10.0 Å². The van der Waals surface area contributed by atoms with Gasteiger partial charge >= 0.3 is 6.03 Å². The van der Waals surface area contributed by atoms with Crippen LogP contribution in [-0.4, -0.2) is 24.5 Å². The molecule has 4 rings (SSSR count). The molecule has 178 valence electrons. The lowest BCUT2D eigenvalue weighted by atomic mass is 10.1. The number of carbonyl (C=O) groups is 3. The van der Waals surface area contributed by atoms with Crippen molar-refractivity contribution in [1.82, 2.24) is 5.32 Å². The summed E-state index contributed by atoms with van der Waals surface area (Å²) in [5, 5.41) is 3.24. The fourth-order valence-corrected chi connectivity index (χ4v) is 3.74. The highest BCUT2D eigenvalue weighted by atomic mass is 35.5. The Balaban J connectivity index is 1.61. The summed E-state index contributed by atoms with van der Waals surface area (Å²) in [6, 6.07) is 17.7. The van der Waals surface area contributed by atoms with Gasteiger partial charge in [-0.2, -0.15) is 0 Å². The summed E-state index contributed by atoms with van der Waals surface area (Å²) >= 11 is 12.1. The largest absolute Gasteiger partial charge is 0.490 e. The first kappa shape index (κ1) is 24.3. The van der Waals surface area contributed by atoms with E-state index in [1.807, 2.05) is 25.1 Å². The van der Waals surface area contributed by atoms with Crippen LogP contribution in [0.5, 0.6) is 11.5 Å². The van der Waals surface area contributed by atoms with Crippen molar-refractivity contribution in [3.63, 3.8) is 0 Å². The monoisotopic (exact) mass is 510 g/mol. The average Bonchev–Trinajstić information content (AvgIpc) is 2.83. The third kappa shape index (κ3) is 5.48. The van der Waals surface area contributed by atoms with Gasteiger partial charge in [-0.15, -0.1) is 0 Å². The summed E-state index contributed by atoms with van der Waals surface area (Å²) in [6.07, 6.45) is 1.40. The number of ether oxygens (including phenoxy) is 2. The second-order valence-electron chi connectivity index (χ2n) is 7.45. The Kier molecular flexibility index (Phi) is 7.39. The number of halogens is 2. The second kappa shape index (κ2) is 10.6. The van der Waals surface area contributed by atoms with Gasteiger partial charge in [0.2, 0.25) is 0 Å². The van der Waals surface area contributed by atoms with E-state index in [1.165, 1.54) is 18.2 Å². The van der Waals surface area contributed by atoms with Crippen molar-refractivity contribution in [2.24, 2.45) is 0 Å². The third-order valence-corrected chi connectivity index (χ3v) is 5.73. The van der Waals surface area contributed by atoms with Crippen LogP contribution in [0.15, 0.2) is 72.3 Å². The maximum absolute atomic E-state index is 13.1. The van der Waals surface area contributed by atoms with Crippen LogP contribution in [0.25, 0.3) is 6.08 Å². The Morgan fingerprint density at radius 2 is 1.66 bits per heavy atom. The van der Waals surface area contributed by atoms with Crippen molar-refractivity contribution in [2.75, 3.05) is 11.5 Å².